The smallest absolute Gasteiger partial charge is 0.151 e. The van der Waals surface area contributed by atoms with E-state index in [4.69, 9.17) is 22.5 Å². The molecule has 5 nitrogen and oxygen atoms in total. The molecule has 3 N–H and O–H groups in total. The highest BCUT2D eigenvalue weighted by Crippen LogP contribution is 2.31. The molecule has 1 aromatic heterocycles. The number of nitrogens with zero attached hydrogens (tertiary/aromatic N) is 3. The summed E-state index contributed by atoms with van der Waals surface area (Å²) in [6.45, 7) is 0.494. The lowest BCUT2D eigenvalue weighted by Crippen LogP contribution is -2.25. The summed E-state index contributed by atoms with van der Waals surface area (Å²) in [6.07, 6.45) is 2.07. The largest absolute Gasteiger partial charge is 0.409 e. The average molecular weight is 370 g/mol. The molecule has 0 spiro atoms. The summed E-state index contributed by atoms with van der Waals surface area (Å²) < 4.78 is 0.806. The third-order valence-corrected chi connectivity index (χ3v) is 3.54. The fourth-order valence-corrected chi connectivity index (χ4v) is 2.58. The minimum absolute atomic E-state index is 0.157. The molecule has 0 amide bonds. The van der Waals surface area contributed by atoms with Gasteiger partial charge in [-0.1, -0.05) is 35.0 Å². The molecule has 110 valence electrons. The zero-order chi connectivity index (χ0) is 15.2. The normalized spacial score (nSPS) is 11.4. The number of nitrogens with two attached hydrogens (primary N) is 1. The number of benzene rings is 1. The summed E-state index contributed by atoms with van der Waals surface area (Å²) >= 11 is 9.62. The van der Waals surface area contributed by atoms with E-state index in [9.17, 15) is 0 Å². The van der Waals surface area contributed by atoms with Gasteiger partial charge in [-0.15, -0.1) is 0 Å². The quantitative estimate of drug-likeness (QED) is 0.364. The van der Waals surface area contributed by atoms with E-state index in [1.54, 1.807) is 12.3 Å². The molecule has 0 saturated heterocycles. The Kier molecular flexibility index (Phi) is 5.41. The molecule has 2 aromatic rings. The second-order valence-electron chi connectivity index (χ2n) is 4.29. The van der Waals surface area contributed by atoms with Crippen molar-refractivity contribution in [3.8, 4) is 0 Å². The molecule has 21 heavy (non-hydrogen) atoms. The molecule has 7 heteroatoms. The molecule has 1 aromatic carbocycles. The van der Waals surface area contributed by atoms with Crippen LogP contribution in [0.4, 0.5) is 11.5 Å². The van der Waals surface area contributed by atoms with E-state index in [-0.39, 0.29) is 5.84 Å². The summed E-state index contributed by atoms with van der Waals surface area (Å²) in [5.41, 5.74) is 6.48. The van der Waals surface area contributed by atoms with Crippen LogP contribution in [0, 0.1) is 0 Å². The van der Waals surface area contributed by atoms with Crippen molar-refractivity contribution >= 4 is 44.9 Å². The second kappa shape index (κ2) is 7.28. The van der Waals surface area contributed by atoms with Crippen LogP contribution in [-0.4, -0.2) is 22.6 Å². The Morgan fingerprint density at radius 1 is 1.38 bits per heavy atom. The van der Waals surface area contributed by atoms with Gasteiger partial charge in [-0.2, -0.15) is 0 Å². The lowest BCUT2D eigenvalue weighted by atomic mass is 10.2. The van der Waals surface area contributed by atoms with Crippen molar-refractivity contribution in [2.24, 2.45) is 10.9 Å². The highest BCUT2D eigenvalue weighted by atomic mass is 79.9. The third-order valence-electron chi connectivity index (χ3n) is 2.83. The number of aromatic nitrogens is 1. The van der Waals surface area contributed by atoms with Crippen molar-refractivity contribution in [1.29, 1.82) is 0 Å². The van der Waals surface area contributed by atoms with E-state index >= 15 is 0 Å². The second-order valence-corrected chi connectivity index (χ2v) is 5.61. The van der Waals surface area contributed by atoms with Crippen LogP contribution in [0.25, 0.3) is 0 Å². The molecule has 2 rings (SSSR count). The molecule has 0 fully saturated rings. The van der Waals surface area contributed by atoms with Gasteiger partial charge in [0.2, 0.25) is 0 Å². The maximum Gasteiger partial charge on any atom is 0.151 e. The van der Waals surface area contributed by atoms with E-state index in [0.29, 0.717) is 23.8 Å². The van der Waals surface area contributed by atoms with Crippen LogP contribution in [0.2, 0.25) is 5.02 Å². The fourth-order valence-electron chi connectivity index (χ4n) is 1.85. The molecular formula is C14H14BrClN4O. The number of oxime groups is 1. The lowest BCUT2D eigenvalue weighted by molar-refractivity contribution is 0.317. The topological polar surface area (TPSA) is 74.7 Å². The van der Waals surface area contributed by atoms with Gasteiger partial charge in [-0.05, 0) is 34.1 Å². The number of hydrogen-bond donors (Lipinski definition) is 2. The van der Waals surface area contributed by atoms with Crippen molar-refractivity contribution in [3.63, 3.8) is 0 Å². The van der Waals surface area contributed by atoms with Crippen molar-refractivity contribution in [1.82, 2.24) is 4.98 Å². The first-order chi connectivity index (χ1) is 10.1. The third kappa shape index (κ3) is 4.09. The van der Waals surface area contributed by atoms with Crippen molar-refractivity contribution < 1.29 is 5.21 Å². The minimum atomic E-state index is 0.157. The van der Waals surface area contributed by atoms with E-state index in [1.807, 2.05) is 35.2 Å². The Labute approximate surface area is 136 Å². The van der Waals surface area contributed by atoms with Crippen molar-refractivity contribution in [3.05, 3.63) is 52.1 Å². The van der Waals surface area contributed by atoms with Gasteiger partial charge in [0.05, 0.1) is 5.02 Å². The SMILES string of the molecule is N/C(CCN(c1ccccc1)c1ncc(Br)cc1Cl)=N/O. The van der Waals surface area contributed by atoms with Gasteiger partial charge in [0.25, 0.3) is 0 Å². The Morgan fingerprint density at radius 2 is 2.10 bits per heavy atom. The summed E-state index contributed by atoms with van der Waals surface area (Å²) in [5, 5.41) is 12.2. The van der Waals surface area contributed by atoms with Crippen LogP contribution in [0.3, 0.4) is 0 Å². The highest BCUT2D eigenvalue weighted by Gasteiger charge is 2.15. The number of rotatable bonds is 5. The van der Waals surface area contributed by atoms with Crippen LogP contribution in [0.5, 0.6) is 0 Å². The van der Waals surface area contributed by atoms with Crippen LogP contribution in [-0.2, 0) is 0 Å². The summed E-state index contributed by atoms with van der Waals surface area (Å²) in [7, 11) is 0. The first-order valence-electron chi connectivity index (χ1n) is 6.22. The van der Waals surface area contributed by atoms with Crippen LogP contribution in [0.15, 0.2) is 52.2 Å². The van der Waals surface area contributed by atoms with Crippen LogP contribution < -0.4 is 10.6 Å². The lowest BCUT2D eigenvalue weighted by Gasteiger charge is -2.24. The molecular weight excluding hydrogens is 356 g/mol. The Balaban J connectivity index is 2.35. The predicted octanol–water partition coefficient (Wildman–Crippen LogP) is 3.77. The van der Waals surface area contributed by atoms with E-state index in [1.165, 1.54) is 0 Å². The van der Waals surface area contributed by atoms with E-state index < -0.39 is 0 Å². The van der Waals surface area contributed by atoms with Crippen molar-refractivity contribution in [2.45, 2.75) is 6.42 Å². The van der Waals surface area contributed by atoms with Gasteiger partial charge >= 0.3 is 0 Å². The Bertz CT molecular complexity index is 636. The molecule has 0 aliphatic heterocycles. The Hall–Kier alpha value is -1.79. The molecule has 0 atom stereocenters. The minimum Gasteiger partial charge on any atom is -0.409 e. The van der Waals surface area contributed by atoms with E-state index in [2.05, 4.69) is 26.1 Å². The molecule has 0 aliphatic rings. The first-order valence-corrected chi connectivity index (χ1v) is 7.39. The molecule has 0 saturated carbocycles. The summed E-state index contributed by atoms with van der Waals surface area (Å²) in [4.78, 5) is 6.29. The number of hydrogen-bond acceptors (Lipinski definition) is 4. The number of pyridine rings is 1. The van der Waals surface area contributed by atoms with E-state index in [0.717, 1.165) is 10.2 Å². The Morgan fingerprint density at radius 3 is 2.71 bits per heavy atom. The first kappa shape index (κ1) is 15.6. The van der Waals surface area contributed by atoms with Gasteiger partial charge < -0.3 is 15.8 Å². The number of para-hydroxylation sites is 1. The average Bonchev–Trinajstić information content (AvgIpc) is 2.50. The molecule has 0 unspecified atom stereocenters. The van der Waals surface area contributed by atoms with Gasteiger partial charge in [0.15, 0.2) is 5.82 Å². The maximum atomic E-state index is 8.68. The van der Waals surface area contributed by atoms with Gasteiger partial charge in [0, 0.05) is 29.3 Å². The zero-order valence-corrected chi connectivity index (χ0v) is 13.4. The summed E-state index contributed by atoms with van der Waals surface area (Å²) in [6, 6.07) is 11.5. The molecule has 1 heterocycles. The number of halogens is 2. The fraction of sp³-hybridized carbons (Fsp3) is 0.143. The maximum absolute atomic E-state index is 8.68. The predicted molar refractivity (Wildman–Crippen MR) is 88.4 cm³/mol. The summed E-state index contributed by atoms with van der Waals surface area (Å²) in [5.74, 6) is 0.779. The monoisotopic (exact) mass is 368 g/mol. The molecule has 0 aliphatic carbocycles. The van der Waals surface area contributed by atoms with Gasteiger partial charge in [-0.3, -0.25) is 0 Å². The van der Waals surface area contributed by atoms with Crippen molar-refractivity contribution in [2.75, 3.05) is 11.4 Å². The highest BCUT2D eigenvalue weighted by molar-refractivity contribution is 9.10. The molecule has 0 radical (unpaired) electrons. The molecule has 0 bridgehead atoms. The van der Waals surface area contributed by atoms with Crippen LogP contribution >= 0.6 is 27.5 Å². The van der Waals surface area contributed by atoms with Gasteiger partial charge in [0.1, 0.15) is 5.84 Å². The van der Waals surface area contributed by atoms with Gasteiger partial charge in [-0.25, -0.2) is 4.98 Å². The zero-order valence-electron chi connectivity index (χ0n) is 11.1. The number of anilines is 2. The standard InChI is InChI=1S/C14H14BrClN4O/c15-10-8-12(16)14(18-9-10)20(7-6-13(17)19-21)11-4-2-1-3-5-11/h1-5,8-9,21H,6-7H2,(H2,17,19). The number of amidine groups is 1. The van der Waals surface area contributed by atoms with Crippen LogP contribution in [0.1, 0.15) is 6.42 Å².